The summed E-state index contributed by atoms with van der Waals surface area (Å²) >= 11 is 0. The van der Waals surface area contributed by atoms with Crippen LogP contribution in [0.25, 0.3) is 0 Å². The quantitative estimate of drug-likeness (QED) is 0.642. The highest BCUT2D eigenvalue weighted by Crippen LogP contribution is 2.32. The molecule has 2 heteroatoms. The van der Waals surface area contributed by atoms with Gasteiger partial charge in [-0.3, -0.25) is 0 Å². The van der Waals surface area contributed by atoms with Gasteiger partial charge in [-0.05, 0) is 37.3 Å². The van der Waals surface area contributed by atoms with Crippen molar-refractivity contribution in [2.24, 2.45) is 11.3 Å². The molecule has 0 amide bonds. The number of piperidine rings is 1. The number of alkyl halides is 1. The molecule has 1 aliphatic heterocycles. The van der Waals surface area contributed by atoms with Gasteiger partial charge in [-0.1, -0.05) is 20.8 Å². The summed E-state index contributed by atoms with van der Waals surface area (Å²) in [6.07, 6.45) is 1.36. The minimum absolute atomic E-state index is 0.179. The molecule has 72 valence electrons. The van der Waals surface area contributed by atoms with E-state index in [0.29, 0.717) is 0 Å². The third-order valence-corrected chi connectivity index (χ3v) is 2.63. The third kappa shape index (κ3) is 2.44. The molecule has 0 aliphatic carbocycles. The Kier molecular flexibility index (Phi) is 3.10. The van der Waals surface area contributed by atoms with E-state index in [2.05, 4.69) is 5.32 Å². The number of rotatable bonds is 1. The highest BCUT2D eigenvalue weighted by atomic mass is 19.1. The van der Waals surface area contributed by atoms with E-state index < -0.39 is 6.17 Å². The fraction of sp³-hybridized carbons (Fsp3) is 1.00. The Labute approximate surface area is 74.7 Å². The fourth-order valence-corrected chi connectivity index (χ4v) is 1.84. The second kappa shape index (κ2) is 3.73. The summed E-state index contributed by atoms with van der Waals surface area (Å²) < 4.78 is 13.8. The van der Waals surface area contributed by atoms with Gasteiger partial charge in [0.1, 0.15) is 6.17 Å². The first-order valence-corrected chi connectivity index (χ1v) is 4.86. The largest absolute Gasteiger partial charge is 0.317 e. The molecule has 0 spiro atoms. The van der Waals surface area contributed by atoms with Crippen molar-refractivity contribution in [3.8, 4) is 0 Å². The summed E-state index contributed by atoms with van der Waals surface area (Å²) in [6, 6.07) is 0. The van der Waals surface area contributed by atoms with Crippen LogP contribution in [0.4, 0.5) is 4.39 Å². The van der Waals surface area contributed by atoms with Crippen LogP contribution < -0.4 is 5.32 Å². The van der Waals surface area contributed by atoms with Gasteiger partial charge in [-0.2, -0.15) is 0 Å². The van der Waals surface area contributed by atoms with Crippen LogP contribution in [0.1, 0.15) is 33.6 Å². The van der Waals surface area contributed by atoms with Crippen LogP contribution >= 0.6 is 0 Å². The summed E-state index contributed by atoms with van der Waals surface area (Å²) in [7, 11) is 0. The van der Waals surface area contributed by atoms with E-state index in [4.69, 9.17) is 0 Å². The molecular formula is C10H20FN. The predicted octanol–water partition coefficient (Wildman–Crippen LogP) is 2.37. The van der Waals surface area contributed by atoms with Crippen LogP contribution in [0.15, 0.2) is 0 Å². The molecule has 0 bridgehead atoms. The maximum Gasteiger partial charge on any atom is 0.108 e. The van der Waals surface area contributed by atoms with Crippen molar-refractivity contribution < 1.29 is 4.39 Å². The predicted molar refractivity (Wildman–Crippen MR) is 49.9 cm³/mol. The van der Waals surface area contributed by atoms with Crippen molar-refractivity contribution in [3.63, 3.8) is 0 Å². The molecule has 1 saturated heterocycles. The van der Waals surface area contributed by atoms with E-state index in [0.717, 1.165) is 25.9 Å². The molecule has 1 fully saturated rings. The van der Waals surface area contributed by atoms with Crippen LogP contribution in [-0.4, -0.2) is 19.3 Å². The average Bonchev–Trinajstić information content (AvgIpc) is 2.03. The third-order valence-electron chi connectivity index (χ3n) is 2.63. The summed E-state index contributed by atoms with van der Waals surface area (Å²) in [6.45, 7) is 7.93. The highest BCUT2D eigenvalue weighted by molar-refractivity contribution is 4.83. The van der Waals surface area contributed by atoms with Gasteiger partial charge in [0.2, 0.25) is 0 Å². The van der Waals surface area contributed by atoms with Gasteiger partial charge >= 0.3 is 0 Å². The summed E-state index contributed by atoms with van der Waals surface area (Å²) in [4.78, 5) is 0. The summed E-state index contributed by atoms with van der Waals surface area (Å²) in [5.41, 5.74) is -0.179. The molecule has 0 aromatic carbocycles. The van der Waals surface area contributed by atoms with Crippen molar-refractivity contribution in [1.82, 2.24) is 5.32 Å². The van der Waals surface area contributed by atoms with E-state index in [-0.39, 0.29) is 11.3 Å². The van der Waals surface area contributed by atoms with Gasteiger partial charge in [0.25, 0.3) is 0 Å². The lowest BCUT2D eigenvalue weighted by Crippen LogP contribution is -2.37. The van der Waals surface area contributed by atoms with Crippen LogP contribution in [0, 0.1) is 11.3 Å². The molecule has 0 aromatic heterocycles. The van der Waals surface area contributed by atoms with E-state index in [9.17, 15) is 4.39 Å². The van der Waals surface area contributed by atoms with E-state index >= 15 is 0 Å². The van der Waals surface area contributed by atoms with Crippen molar-refractivity contribution >= 4 is 0 Å². The lowest BCUT2D eigenvalue weighted by molar-refractivity contribution is 0.0792. The molecule has 0 saturated carbocycles. The first-order valence-electron chi connectivity index (χ1n) is 4.86. The molecule has 1 atom stereocenters. The second-order valence-corrected chi connectivity index (χ2v) is 4.86. The Hall–Kier alpha value is -0.110. The van der Waals surface area contributed by atoms with Crippen molar-refractivity contribution in [1.29, 1.82) is 0 Å². The molecule has 12 heavy (non-hydrogen) atoms. The minimum Gasteiger partial charge on any atom is -0.317 e. The van der Waals surface area contributed by atoms with E-state index in [1.54, 1.807) is 0 Å². The maximum atomic E-state index is 13.8. The molecule has 1 heterocycles. The lowest BCUT2D eigenvalue weighted by atomic mass is 9.79. The van der Waals surface area contributed by atoms with Gasteiger partial charge in [0.15, 0.2) is 0 Å². The zero-order valence-corrected chi connectivity index (χ0v) is 8.36. The van der Waals surface area contributed by atoms with Gasteiger partial charge in [-0.15, -0.1) is 0 Å². The molecule has 1 N–H and O–H groups in total. The SMILES string of the molecule is CC(C)(C)C(F)C1CCNCC1. The zero-order valence-electron chi connectivity index (χ0n) is 8.36. The first kappa shape index (κ1) is 9.97. The van der Waals surface area contributed by atoms with Crippen LogP contribution in [0.3, 0.4) is 0 Å². The number of halogens is 1. The summed E-state index contributed by atoms with van der Waals surface area (Å²) in [5.74, 6) is 0.284. The molecule has 1 nitrogen and oxygen atoms in total. The Morgan fingerprint density at radius 1 is 1.25 bits per heavy atom. The van der Waals surface area contributed by atoms with Gasteiger partial charge < -0.3 is 5.32 Å². The van der Waals surface area contributed by atoms with Crippen molar-refractivity contribution in [2.45, 2.75) is 39.8 Å². The Morgan fingerprint density at radius 3 is 2.17 bits per heavy atom. The molecule has 0 aromatic rings. The average molecular weight is 173 g/mol. The first-order chi connectivity index (χ1) is 5.52. The smallest absolute Gasteiger partial charge is 0.108 e. The van der Waals surface area contributed by atoms with Crippen LogP contribution in [-0.2, 0) is 0 Å². The number of nitrogens with one attached hydrogen (secondary N) is 1. The number of hydrogen-bond donors (Lipinski definition) is 1. The minimum atomic E-state index is -0.639. The number of hydrogen-bond acceptors (Lipinski definition) is 1. The van der Waals surface area contributed by atoms with Crippen LogP contribution in [0.5, 0.6) is 0 Å². The van der Waals surface area contributed by atoms with Crippen molar-refractivity contribution in [3.05, 3.63) is 0 Å². The molecule has 0 radical (unpaired) electrons. The fourth-order valence-electron chi connectivity index (χ4n) is 1.84. The monoisotopic (exact) mass is 173 g/mol. The lowest BCUT2D eigenvalue weighted by Gasteiger charge is -2.33. The van der Waals surface area contributed by atoms with E-state index in [1.807, 2.05) is 20.8 Å². The normalized spacial score (nSPS) is 24.0. The van der Waals surface area contributed by atoms with Gasteiger partial charge in [0.05, 0.1) is 0 Å². The highest BCUT2D eigenvalue weighted by Gasteiger charge is 2.32. The standard InChI is InChI=1S/C10H20FN/c1-10(2,3)9(11)8-4-6-12-7-5-8/h8-9,12H,4-7H2,1-3H3. The van der Waals surface area contributed by atoms with Crippen molar-refractivity contribution in [2.75, 3.05) is 13.1 Å². The van der Waals surface area contributed by atoms with Gasteiger partial charge in [0, 0.05) is 0 Å². The van der Waals surface area contributed by atoms with E-state index in [1.165, 1.54) is 0 Å². The molecule has 1 rings (SSSR count). The Balaban J connectivity index is 2.45. The molecular weight excluding hydrogens is 153 g/mol. The molecule has 1 aliphatic rings. The second-order valence-electron chi connectivity index (χ2n) is 4.86. The Bertz CT molecular complexity index is 133. The molecule has 1 unspecified atom stereocenters. The van der Waals surface area contributed by atoms with Crippen LogP contribution in [0.2, 0.25) is 0 Å². The Morgan fingerprint density at radius 2 is 1.75 bits per heavy atom. The topological polar surface area (TPSA) is 12.0 Å². The maximum absolute atomic E-state index is 13.8. The van der Waals surface area contributed by atoms with Gasteiger partial charge in [-0.25, -0.2) is 4.39 Å². The summed E-state index contributed by atoms with van der Waals surface area (Å²) in [5, 5.41) is 3.25. The zero-order chi connectivity index (χ0) is 9.19.